The fourth-order valence-corrected chi connectivity index (χ4v) is 2.68. The molecule has 0 saturated heterocycles. The van der Waals surface area contributed by atoms with Gasteiger partial charge in [0.25, 0.3) is 0 Å². The number of hydrogen-bond donors (Lipinski definition) is 0. The van der Waals surface area contributed by atoms with Crippen molar-refractivity contribution in [2.45, 2.75) is 73.8 Å². The van der Waals surface area contributed by atoms with Crippen molar-refractivity contribution in [2.75, 3.05) is 13.2 Å². The van der Waals surface area contributed by atoms with E-state index in [-0.39, 0.29) is 13.2 Å². The van der Waals surface area contributed by atoms with E-state index < -0.39 is 28.4 Å². The number of unbranched alkanes of at least 4 members (excludes halogenated alkanes) is 5. The highest BCUT2D eigenvalue weighted by molar-refractivity contribution is 14.1. The van der Waals surface area contributed by atoms with Gasteiger partial charge < -0.3 is 4.74 Å². The number of halogens is 8. The first-order valence-corrected chi connectivity index (χ1v) is 8.74. The molecule has 1 unspecified atom stereocenters. The second-order valence-electron chi connectivity index (χ2n) is 5.42. The van der Waals surface area contributed by atoms with E-state index in [2.05, 4.69) is 6.92 Å². The maximum Gasteiger partial charge on any atom is 0.459 e. The minimum atomic E-state index is -6.27. The summed E-state index contributed by atoms with van der Waals surface area (Å²) in [5.74, 6) is -11.2. The highest BCUT2D eigenvalue weighted by Gasteiger charge is 2.72. The van der Waals surface area contributed by atoms with Gasteiger partial charge in [0.05, 0.1) is 6.61 Å². The Morgan fingerprint density at radius 2 is 1.39 bits per heavy atom. The molecule has 0 heterocycles. The second kappa shape index (κ2) is 10.2. The number of rotatable bonds is 12. The summed E-state index contributed by atoms with van der Waals surface area (Å²) in [7, 11) is 0. The van der Waals surface area contributed by atoms with Crippen LogP contribution in [0.4, 0.5) is 30.7 Å². The maximum absolute atomic E-state index is 13.2. The molecular formula is C14H22F7IO. The minimum Gasteiger partial charge on any atom is -0.380 e. The molecule has 0 spiro atoms. The van der Waals surface area contributed by atoms with Crippen molar-refractivity contribution in [3.05, 3.63) is 0 Å². The van der Waals surface area contributed by atoms with Gasteiger partial charge in [0.2, 0.25) is 0 Å². The van der Waals surface area contributed by atoms with Crippen molar-refractivity contribution in [1.82, 2.24) is 0 Å². The number of ether oxygens (including phenoxy) is 1. The number of alkyl halides is 8. The van der Waals surface area contributed by atoms with Gasteiger partial charge >= 0.3 is 18.0 Å². The van der Waals surface area contributed by atoms with Gasteiger partial charge in [0.15, 0.2) is 0 Å². The van der Waals surface area contributed by atoms with Gasteiger partial charge in [-0.15, -0.1) is 0 Å². The van der Waals surface area contributed by atoms with E-state index >= 15 is 0 Å². The summed E-state index contributed by atoms with van der Waals surface area (Å²) in [6.07, 6.45) is -1.85. The molecule has 140 valence electrons. The van der Waals surface area contributed by atoms with Crippen LogP contribution in [0.15, 0.2) is 0 Å². The lowest BCUT2D eigenvalue weighted by molar-refractivity contribution is -0.355. The smallest absolute Gasteiger partial charge is 0.380 e. The van der Waals surface area contributed by atoms with Crippen LogP contribution in [-0.4, -0.2) is 35.2 Å². The van der Waals surface area contributed by atoms with Crippen LogP contribution in [-0.2, 0) is 4.74 Å². The molecule has 0 aromatic carbocycles. The van der Waals surface area contributed by atoms with Crippen molar-refractivity contribution in [2.24, 2.45) is 0 Å². The van der Waals surface area contributed by atoms with Crippen LogP contribution in [0.3, 0.4) is 0 Å². The Morgan fingerprint density at radius 3 is 1.91 bits per heavy atom. The predicted octanol–water partition coefficient (Wildman–Crippen LogP) is 6.39. The SMILES string of the molecule is CCCCCCCCOCC(I)CC(F)(F)C(F)(F)C(F)(F)F. The van der Waals surface area contributed by atoms with E-state index in [9.17, 15) is 30.7 Å². The Labute approximate surface area is 145 Å². The summed E-state index contributed by atoms with van der Waals surface area (Å²) >= 11 is 1.41. The summed E-state index contributed by atoms with van der Waals surface area (Å²) in [5, 5.41) is 0. The van der Waals surface area contributed by atoms with Gasteiger partial charge in [-0.1, -0.05) is 61.6 Å². The van der Waals surface area contributed by atoms with Gasteiger partial charge in [-0.3, -0.25) is 0 Å². The van der Waals surface area contributed by atoms with E-state index in [4.69, 9.17) is 4.74 Å². The molecule has 0 N–H and O–H groups in total. The molecule has 0 aromatic rings. The highest BCUT2D eigenvalue weighted by atomic mass is 127. The van der Waals surface area contributed by atoms with Gasteiger partial charge in [-0.2, -0.15) is 30.7 Å². The molecule has 0 aliphatic heterocycles. The van der Waals surface area contributed by atoms with E-state index in [1.54, 1.807) is 0 Å². The molecule has 0 aromatic heterocycles. The lowest BCUT2D eigenvalue weighted by atomic mass is 10.1. The first kappa shape index (κ1) is 23.2. The highest BCUT2D eigenvalue weighted by Crippen LogP contribution is 2.49. The van der Waals surface area contributed by atoms with E-state index in [1.165, 1.54) is 22.6 Å². The molecule has 1 nitrogen and oxygen atoms in total. The normalized spacial score (nSPS) is 15.0. The Morgan fingerprint density at radius 1 is 0.870 bits per heavy atom. The Hall–Kier alpha value is 0.200. The third kappa shape index (κ3) is 8.22. The van der Waals surface area contributed by atoms with E-state index in [1.807, 2.05) is 0 Å². The fraction of sp³-hybridized carbons (Fsp3) is 1.00. The Balaban J connectivity index is 4.03. The average Bonchev–Trinajstić information content (AvgIpc) is 2.39. The zero-order valence-corrected chi connectivity index (χ0v) is 15.0. The molecular weight excluding hydrogens is 444 g/mol. The Bertz CT molecular complexity index is 321. The monoisotopic (exact) mass is 466 g/mol. The zero-order valence-electron chi connectivity index (χ0n) is 12.9. The molecule has 0 radical (unpaired) electrons. The molecule has 1 atom stereocenters. The summed E-state index contributed by atoms with van der Waals surface area (Å²) in [6.45, 7) is 2.09. The van der Waals surface area contributed by atoms with Crippen LogP contribution in [0.5, 0.6) is 0 Å². The molecule has 0 fully saturated rings. The lowest BCUT2D eigenvalue weighted by Gasteiger charge is -2.29. The molecule has 23 heavy (non-hydrogen) atoms. The summed E-state index contributed by atoms with van der Waals surface area (Å²) in [6, 6.07) is 0. The molecule has 9 heteroatoms. The van der Waals surface area contributed by atoms with Crippen LogP contribution in [0.25, 0.3) is 0 Å². The maximum atomic E-state index is 13.2. The van der Waals surface area contributed by atoms with Crippen molar-refractivity contribution in [3.63, 3.8) is 0 Å². The minimum absolute atomic E-state index is 0.279. The second-order valence-corrected chi connectivity index (χ2v) is 7.18. The summed E-state index contributed by atoms with van der Waals surface area (Å²) in [4.78, 5) is 0. The van der Waals surface area contributed by atoms with Crippen molar-refractivity contribution in [1.29, 1.82) is 0 Å². The molecule has 0 amide bonds. The van der Waals surface area contributed by atoms with Crippen molar-refractivity contribution < 1.29 is 35.5 Å². The van der Waals surface area contributed by atoms with Gasteiger partial charge in [-0.25, -0.2) is 0 Å². The van der Waals surface area contributed by atoms with Crippen LogP contribution < -0.4 is 0 Å². The van der Waals surface area contributed by atoms with Crippen LogP contribution in [0.2, 0.25) is 0 Å². The first-order valence-electron chi connectivity index (χ1n) is 7.50. The van der Waals surface area contributed by atoms with E-state index in [0.717, 1.165) is 32.1 Å². The lowest BCUT2D eigenvalue weighted by Crippen LogP contribution is -2.53. The molecule has 0 saturated carbocycles. The third-order valence-corrected chi connectivity index (χ3v) is 4.03. The topological polar surface area (TPSA) is 9.23 Å². The molecule has 0 aliphatic rings. The fourth-order valence-electron chi connectivity index (χ4n) is 1.87. The van der Waals surface area contributed by atoms with Crippen molar-refractivity contribution in [3.8, 4) is 0 Å². The van der Waals surface area contributed by atoms with Crippen LogP contribution in [0.1, 0.15) is 51.9 Å². The average molecular weight is 466 g/mol. The standard InChI is InChI=1S/C14H22F7IO/c1-2-3-4-5-6-7-8-23-10-11(22)9-12(15,16)13(17,18)14(19,20)21/h11H,2-10H2,1H3. The van der Waals surface area contributed by atoms with Gasteiger partial charge in [0.1, 0.15) is 0 Å². The zero-order chi connectivity index (χ0) is 18.1. The summed E-state index contributed by atoms with van der Waals surface area (Å²) in [5.41, 5.74) is 0. The molecule has 0 bridgehead atoms. The predicted molar refractivity (Wildman–Crippen MR) is 82.6 cm³/mol. The van der Waals surface area contributed by atoms with Gasteiger partial charge in [0, 0.05) is 17.0 Å². The molecule has 0 aliphatic carbocycles. The quantitative estimate of drug-likeness (QED) is 0.140. The van der Waals surface area contributed by atoms with Crippen LogP contribution >= 0.6 is 22.6 Å². The van der Waals surface area contributed by atoms with Crippen LogP contribution in [0, 0.1) is 0 Å². The summed E-state index contributed by atoms with van der Waals surface area (Å²) < 4.78 is 91.7. The largest absolute Gasteiger partial charge is 0.459 e. The van der Waals surface area contributed by atoms with E-state index in [0.29, 0.717) is 6.42 Å². The Kier molecular flexibility index (Phi) is 10.3. The third-order valence-electron chi connectivity index (χ3n) is 3.23. The van der Waals surface area contributed by atoms with Crippen molar-refractivity contribution >= 4 is 22.6 Å². The molecule has 0 rings (SSSR count). The van der Waals surface area contributed by atoms with Gasteiger partial charge in [-0.05, 0) is 6.42 Å². The first-order chi connectivity index (χ1) is 10.5. The number of hydrogen-bond acceptors (Lipinski definition) is 1.